The van der Waals surface area contributed by atoms with Gasteiger partial charge in [0, 0.05) is 17.7 Å². The molecule has 15 heavy (non-hydrogen) atoms. The molecule has 0 aliphatic carbocycles. The van der Waals surface area contributed by atoms with E-state index in [0.717, 1.165) is 5.56 Å². The summed E-state index contributed by atoms with van der Waals surface area (Å²) in [4.78, 5) is 10.2. The molecule has 1 aromatic carbocycles. The number of nitrogens with zero attached hydrogens (tertiary/aromatic N) is 1. The van der Waals surface area contributed by atoms with Gasteiger partial charge >= 0.3 is 5.69 Å². The number of para-hydroxylation sites is 1. The monoisotopic (exact) mass is 230 g/mol. The average molecular weight is 231 g/mol. The van der Waals surface area contributed by atoms with E-state index >= 15 is 0 Å². The molecule has 1 aromatic rings. The smallest absolute Gasteiger partial charge is 0.311 e. The van der Waals surface area contributed by atoms with Gasteiger partial charge in [0.05, 0.1) is 4.92 Å². The molecule has 1 unspecified atom stereocenters. The maximum absolute atomic E-state index is 10.6. The summed E-state index contributed by atoms with van der Waals surface area (Å²) >= 11 is 0. The molecule has 0 radical (unpaired) electrons. The Labute approximate surface area is 92.8 Å². The zero-order valence-electron chi connectivity index (χ0n) is 7.88. The van der Waals surface area contributed by atoms with Crippen molar-refractivity contribution >= 4 is 18.1 Å². The van der Waals surface area contributed by atoms with Gasteiger partial charge < -0.3 is 10.5 Å². The second-order valence-electron chi connectivity index (χ2n) is 3.30. The Bertz CT molecular complexity index is 384. The third-order valence-electron chi connectivity index (χ3n) is 2.20. The van der Waals surface area contributed by atoms with Crippen LogP contribution in [0.25, 0.3) is 0 Å². The number of nitro groups is 1. The van der Waals surface area contributed by atoms with Crippen molar-refractivity contribution in [2.24, 2.45) is 5.73 Å². The SMILES string of the molecule is Cl.NC1COc2c(cccc2[N+](=O)[O-])C1. The van der Waals surface area contributed by atoms with E-state index in [-0.39, 0.29) is 24.1 Å². The topological polar surface area (TPSA) is 78.4 Å². The lowest BCUT2D eigenvalue weighted by Crippen LogP contribution is -2.34. The Morgan fingerprint density at radius 3 is 2.93 bits per heavy atom. The van der Waals surface area contributed by atoms with Gasteiger partial charge in [0.25, 0.3) is 0 Å². The van der Waals surface area contributed by atoms with Gasteiger partial charge in [0.2, 0.25) is 0 Å². The lowest BCUT2D eigenvalue weighted by molar-refractivity contribution is -0.386. The first-order chi connectivity index (χ1) is 6.68. The van der Waals surface area contributed by atoms with Gasteiger partial charge in [-0.1, -0.05) is 12.1 Å². The molecule has 2 N–H and O–H groups in total. The number of nitro benzene ring substituents is 1. The van der Waals surface area contributed by atoms with E-state index in [4.69, 9.17) is 10.5 Å². The summed E-state index contributed by atoms with van der Waals surface area (Å²) in [5, 5.41) is 10.6. The summed E-state index contributed by atoms with van der Waals surface area (Å²) in [7, 11) is 0. The first-order valence-electron chi connectivity index (χ1n) is 4.33. The van der Waals surface area contributed by atoms with Crippen LogP contribution < -0.4 is 10.5 Å². The molecule has 0 fully saturated rings. The quantitative estimate of drug-likeness (QED) is 0.582. The number of ether oxygens (including phenoxy) is 1. The van der Waals surface area contributed by atoms with Crippen molar-refractivity contribution in [3.63, 3.8) is 0 Å². The van der Waals surface area contributed by atoms with Crippen LogP contribution in [0.1, 0.15) is 5.56 Å². The van der Waals surface area contributed by atoms with E-state index in [1.54, 1.807) is 12.1 Å². The zero-order valence-corrected chi connectivity index (χ0v) is 8.70. The molecule has 6 heteroatoms. The Morgan fingerprint density at radius 1 is 1.53 bits per heavy atom. The summed E-state index contributed by atoms with van der Waals surface area (Å²) in [6.07, 6.45) is 0.636. The van der Waals surface area contributed by atoms with Gasteiger partial charge in [-0.2, -0.15) is 0 Å². The fraction of sp³-hybridized carbons (Fsp3) is 0.333. The minimum atomic E-state index is -0.435. The van der Waals surface area contributed by atoms with Gasteiger partial charge in [-0.05, 0) is 6.42 Å². The molecular weight excluding hydrogens is 220 g/mol. The van der Waals surface area contributed by atoms with Gasteiger partial charge in [-0.25, -0.2) is 0 Å². The van der Waals surface area contributed by atoms with Crippen LogP contribution in [0.4, 0.5) is 5.69 Å². The normalized spacial score (nSPS) is 18.3. The first kappa shape index (κ1) is 11.7. The number of rotatable bonds is 1. The molecule has 1 atom stereocenters. The van der Waals surface area contributed by atoms with Crippen LogP contribution in [-0.4, -0.2) is 17.6 Å². The number of benzene rings is 1. The van der Waals surface area contributed by atoms with Crippen LogP contribution in [-0.2, 0) is 6.42 Å². The molecule has 1 aliphatic rings. The highest BCUT2D eigenvalue weighted by Crippen LogP contribution is 2.33. The third kappa shape index (κ3) is 2.19. The van der Waals surface area contributed by atoms with Crippen LogP contribution in [0.2, 0.25) is 0 Å². The zero-order chi connectivity index (χ0) is 10.1. The summed E-state index contributed by atoms with van der Waals surface area (Å²) < 4.78 is 5.26. The maximum atomic E-state index is 10.6. The molecule has 0 spiro atoms. The van der Waals surface area contributed by atoms with E-state index in [9.17, 15) is 10.1 Å². The highest BCUT2D eigenvalue weighted by atomic mass is 35.5. The van der Waals surface area contributed by atoms with Crippen LogP contribution in [0, 0.1) is 10.1 Å². The van der Waals surface area contributed by atoms with Crippen molar-refractivity contribution in [1.29, 1.82) is 0 Å². The molecule has 5 nitrogen and oxygen atoms in total. The predicted molar refractivity (Wildman–Crippen MR) is 57.5 cm³/mol. The number of nitrogens with two attached hydrogens (primary N) is 1. The highest BCUT2D eigenvalue weighted by molar-refractivity contribution is 5.85. The number of halogens is 1. The minimum absolute atomic E-state index is 0. The van der Waals surface area contributed by atoms with Gasteiger partial charge in [0.15, 0.2) is 5.75 Å². The predicted octanol–water partition coefficient (Wildman–Crippen LogP) is 1.28. The molecule has 0 aromatic heterocycles. The molecule has 82 valence electrons. The lowest BCUT2D eigenvalue weighted by atomic mass is 10.0. The molecule has 0 bridgehead atoms. The van der Waals surface area contributed by atoms with Gasteiger partial charge in [-0.15, -0.1) is 12.4 Å². The highest BCUT2D eigenvalue weighted by Gasteiger charge is 2.24. The van der Waals surface area contributed by atoms with Gasteiger partial charge in [0.1, 0.15) is 6.61 Å². The number of hydrogen-bond acceptors (Lipinski definition) is 4. The number of hydrogen-bond donors (Lipinski definition) is 1. The Hall–Kier alpha value is -1.33. The van der Waals surface area contributed by atoms with Crippen LogP contribution in [0.3, 0.4) is 0 Å². The van der Waals surface area contributed by atoms with Gasteiger partial charge in [-0.3, -0.25) is 10.1 Å². The first-order valence-corrected chi connectivity index (χ1v) is 4.33. The lowest BCUT2D eigenvalue weighted by Gasteiger charge is -2.21. The van der Waals surface area contributed by atoms with Crippen molar-refractivity contribution in [1.82, 2.24) is 0 Å². The molecular formula is C9H11ClN2O3. The van der Waals surface area contributed by atoms with E-state index in [2.05, 4.69) is 0 Å². The van der Waals surface area contributed by atoms with E-state index < -0.39 is 4.92 Å². The third-order valence-corrected chi connectivity index (χ3v) is 2.20. The van der Waals surface area contributed by atoms with Crippen molar-refractivity contribution in [3.8, 4) is 5.75 Å². The maximum Gasteiger partial charge on any atom is 0.311 e. The van der Waals surface area contributed by atoms with E-state index in [1.807, 2.05) is 0 Å². The van der Waals surface area contributed by atoms with Crippen LogP contribution in [0.5, 0.6) is 5.75 Å². The second-order valence-corrected chi connectivity index (χ2v) is 3.30. The standard InChI is InChI=1S/C9H10N2O3.ClH/c10-7-4-6-2-1-3-8(11(12)13)9(6)14-5-7;/h1-3,7H,4-5,10H2;1H. The fourth-order valence-corrected chi connectivity index (χ4v) is 1.57. The summed E-state index contributed by atoms with van der Waals surface area (Å²) in [5.74, 6) is 0.374. The second kappa shape index (κ2) is 4.46. The molecule has 0 saturated carbocycles. The summed E-state index contributed by atoms with van der Waals surface area (Å²) in [5.41, 5.74) is 6.52. The molecule has 0 amide bonds. The van der Waals surface area contributed by atoms with Crippen molar-refractivity contribution < 1.29 is 9.66 Å². The summed E-state index contributed by atoms with van der Waals surface area (Å²) in [6, 6.07) is 4.83. The molecule has 2 rings (SSSR count). The summed E-state index contributed by atoms with van der Waals surface area (Å²) in [6.45, 7) is 0.345. The Morgan fingerprint density at radius 2 is 2.27 bits per heavy atom. The average Bonchev–Trinajstić information content (AvgIpc) is 2.16. The Balaban J connectivity index is 0.00000112. The largest absolute Gasteiger partial charge is 0.485 e. The van der Waals surface area contributed by atoms with Crippen molar-refractivity contribution in [2.45, 2.75) is 12.5 Å². The van der Waals surface area contributed by atoms with E-state index in [1.165, 1.54) is 6.07 Å². The minimum Gasteiger partial charge on any atom is -0.485 e. The molecule has 1 heterocycles. The Kier molecular flexibility index (Phi) is 3.49. The van der Waals surface area contributed by atoms with Crippen molar-refractivity contribution in [3.05, 3.63) is 33.9 Å². The number of fused-ring (bicyclic) bond motifs is 1. The van der Waals surface area contributed by atoms with Crippen LogP contribution >= 0.6 is 12.4 Å². The van der Waals surface area contributed by atoms with Crippen molar-refractivity contribution in [2.75, 3.05) is 6.61 Å². The molecule has 0 saturated heterocycles. The fourth-order valence-electron chi connectivity index (χ4n) is 1.57. The van der Waals surface area contributed by atoms with Crippen LogP contribution in [0.15, 0.2) is 18.2 Å². The van der Waals surface area contributed by atoms with E-state index in [0.29, 0.717) is 18.8 Å². The molecule has 1 aliphatic heterocycles.